The van der Waals surface area contributed by atoms with Gasteiger partial charge in [0.2, 0.25) is 5.78 Å². The second-order valence-electron chi connectivity index (χ2n) is 11.0. The highest BCUT2D eigenvalue weighted by atomic mass is 16.5. The Balaban J connectivity index is 1.62. The molecule has 0 unspecified atom stereocenters. The third-order valence-electron chi connectivity index (χ3n) is 9.89. The van der Waals surface area contributed by atoms with Crippen molar-refractivity contribution in [3.05, 3.63) is 0 Å². The Morgan fingerprint density at radius 2 is 1.86 bits per heavy atom. The van der Waals surface area contributed by atoms with E-state index >= 15 is 0 Å². The first kappa shape index (κ1) is 21.0. The Labute approximate surface area is 174 Å². The predicted octanol–water partition coefficient (Wildman–Crippen LogP) is 3.71. The van der Waals surface area contributed by atoms with E-state index in [9.17, 15) is 19.5 Å². The van der Waals surface area contributed by atoms with Crippen LogP contribution in [0.4, 0.5) is 0 Å². The van der Waals surface area contributed by atoms with E-state index < -0.39 is 17.0 Å². The molecule has 4 saturated carbocycles. The summed E-state index contributed by atoms with van der Waals surface area (Å²) in [6.45, 7) is 7.44. The number of esters is 1. The van der Waals surface area contributed by atoms with E-state index in [4.69, 9.17) is 4.74 Å². The van der Waals surface area contributed by atoms with Crippen molar-refractivity contribution in [3.63, 3.8) is 0 Å². The summed E-state index contributed by atoms with van der Waals surface area (Å²) in [5.74, 6) is 1.33. The van der Waals surface area contributed by atoms with Crippen molar-refractivity contribution in [1.29, 1.82) is 0 Å². The lowest BCUT2D eigenvalue weighted by Crippen LogP contribution is -2.60. The van der Waals surface area contributed by atoms with Crippen LogP contribution in [-0.4, -0.2) is 34.9 Å². The van der Waals surface area contributed by atoms with E-state index in [0.29, 0.717) is 35.9 Å². The fourth-order valence-electron chi connectivity index (χ4n) is 8.26. The van der Waals surface area contributed by atoms with Gasteiger partial charge in [-0.05, 0) is 73.5 Å². The minimum absolute atomic E-state index is 0.141. The second-order valence-corrected chi connectivity index (χ2v) is 11.0. The maximum absolute atomic E-state index is 13.1. The summed E-state index contributed by atoms with van der Waals surface area (Å²) >= 11 is 0. The summed E-state index contributed by atoms with van der Waals surface area (Å²) in [5, 5.41) is 11.7. The molecule has 5 heteroatoms. The Hall–Kier alpha value is -1.23. The van der Waals surface area contributed by atoms with Crippen LogP contribution >= 0.6 is 0 Å². The molecule has 0 bridgehead atoms. The molecule has 4 rings (SSSR count). The quantitative estimate of drug-likeness (QED) is 0.725. The summed E-state index contributed by atoms with van der Waals surface area (Å²) in [6, 6.07) is 0. The highest BCUT2D eigenvalue weighted by Gasteiger charge is 2.69. The molecular formula is C24H36O5. The van der Waals surface area contributed by atoms with Crippen molar-refractivity contribution in [2.45, 2.75) is 84.7 Å². The monoisotopic (exact) mass is 404 g/mol. The minimum atomic E-state index is -1.43. The van der Waals surface area contributed by atoms with Crippen LogP contribution in [0.2, 0.25) is 0 Å². The van der Waals surface area contributed by atoms with Crippen LogP contribution < -0.4 is 0 Å². The summed E-state index contributed by atoms with van der Waals surface area (Å²) in [5.41, 5.74) is -1.69. The van der Waals surface area contributed by atoms with Crippen molar-refractivity contribution in [3.8, 4) is 0 Å². The highest BCUT2D eigenvalue weighted by Crippen LogP contribution is 2.69. The highest BCUT2D eigenvalue weighted by molar-refractivity contribution is 5.91. The lowest BCUT2D eigenvalue weighted by molar-refractivity contribution is -0.179. The molecule has 162 valence electrons. The molecule has 4 aliphatic carbocycles. The molecule has 1 N–H and O–H groups in total. The zero-order chi connectivity index (χ0) is 21.2. The molecular weight excluding hydrogens is 368 g/mol. The van der Waals surface area contributed by atoms with Gasteiger partial charge in [-0.2, -0.15) is 0 Å². The Kier molecular flexibility index (Phi) is 5.00. The van der Waals surface area contributed by atoms with Crippen LogP contribution in [-0.2, 0) is 19.1 Å². The van der Waals surface area contributed by atoms with Crippen LogP contribution in [0, 0.1) is 40.4 Å². The molecule has 0 aromatic carbocycles. The van der Waals surface area contributed by atoms with Crippen LogP contribution in [0.3, 0.4) is 0 Å². The van der Waals surface area contributed by atoms with E-state index in [1.807, 2.05) is 6.92 Å². The predicted molar refractivity (Wildman–Crippen MR) is 108 cm³/mol. The van der Waals surface area contributed by atoms with Gasteiger partial charge < -0.3 is 9.84 Å². The number of ketones is 2. The molecule has 4 fully saturated rings. The number of hydrogen-bond donors (Lipinski definition) is 1. The number of rotatable bonds is 3. The SMILES string of the molecule is CC(=O)OCC(=O)[C@@]1(O)[C@H](C)C[C@H]2[C@@H]3CC[C@@H]4CC(=O)CC[C@]4(C)[C@@H]3CC[C@@]21C. The third-order valence-corrected chi connectivity index (χ3v) is 9.89. The van der Waals surface area contributed by atoms with Crippen molar-refractivity contribution in [1.82, 2.24) is 0 Å². The zero-order valence-corrected chi connectivity index (χ0v) is 18.3. The normalized spacial score (nSPS) is 49.0. The second kappa shape index (κ2) is 6.90. The largest absolute Gasteiger partial charge is 0.458 e. The number of carbonyl (C=O) groups is 3. The third kappa shape index (κ3) is 2.86. The van der Waals surface area contributed by atoms with Gasteiger partial charge >= 0.3 is 5.97 Å². The van der Waals surface area contributed by atoms with Crippen LogP contribution in [0.5, 0.6) is 0 Å². The van der Waals surface area contributed by atoms with Gasteiger partial charge in [-0.1, -0.05) is 20.8 Å². The van der Waals surface area contributed by atoms with Gasteiger partial charge in [-0.15, -0.1) is 0 Å². The van der Waals surface area contributed by atoms with Crippen LogP contribution in [0.25, 0.3) is 0 Å². The topological polar surface area (TPSA) is 80.7 Å². The van der Waals surface area contributed by atoms with Crippen molar-refractivity contribution in [2.75, 3.05) is 6.61 Å². The number of aliphatic hydroxyl groups is 1. The Bertz CT molecular complexity index is 731. The molecule has 0 radical (unpaired) electrons. The van der Waals surface area contributed by atoms with Gasteiger partial charge in [0.1, 0.15) is 11.4 Å². The van der Waals surface area contributed by atoms with Crippen molar-refractivity contribution >= 4 is 17.5 Å². The standard InChI is InChI=1S/C24H36O5/c1-14-11-20-18-6-5-16-12-17(26)7-9-22(16,3)19(18)8-10-23(20,4)24(14,28)21(27)13-29-15(2)25/h14,16,18-20,28H,5-13H2,1-4H3/t14-,16-,18-,19-,20+,22+,23+,24+/m1/s1. The van der Waals surface area contributed by atoms with E-state index in [0.717, 1.165) is 44.9 Å². The molecule has 0 aromatic rings. The zero-order valence-electron chi connectivity index (χ0n) is 18.3. The lowest BCUT2D eigenvalue weighted by Gasteiger charge is -2.60. The van der Waals surface area contributed by atoms with Gasteiger partial charge in [0.05, 0.1) is 0 Å². The fraction of sp³-hybridized carbons (Fsp3) is 0.875. The van der Waals surface area contributed by atoms with E-state index in [1.54, 1.807) is 0 Å². The smallest absolute Gasteiger partial charge is 0.303 e. The average Bonchev–Trinajstić information content (AvgIpc) is 2.88. The van der Waals surface area contributed by atoms with Crippen molar-refractivity contribution < 1.29 is 24.2 Å². The Morgan fingerprint density at radius 1 is 1.14 bits per heavy atom. The number of fused-ring (bicyclic) bond motifs is 5. The van der Waals surface area contributed by atoms with Gasteiger partial charge in [-0.3, -0.25) is 14.4 Å². The van der Waals surface area contributed by atoms with Gasteiger partial charge in [-0.25, -0.2) is 0 Å². The first-order valence-corrected chi connectivity index (χ1v) is 11.4. The summed E-state index contributed by atoms with van der Waals surface area (Å²) in [7, 11) is 0. The van der Waals surface area contributed by atoms with Crippen molar-refractivity contribution in [2.24, 2.45) is 40.4 Å². The van der Waals surface area contributed by atoms with E-state index in [-0.39, 0.29) is 23.7 Å². The molecule has 0 spiro atoms. The summed E-state index contributed by atoms with van der Waals surface area (Å²) < 4.78 is 4.98. The van der Waals surface area contributed by atoms with Gasteiger partial charge in [0.15, 0.2) is 6.61 Å². The molecule has 0 aliphatic heterocycles. The minimum Gasteiger partial charge on any atom is -0.458 e. The molecule has 0 heterocycles. The average molecular weight is 405 g/mol. The van der Waals surface area contributed by atoms with Gasteiger partial charge in [0, 0.05) is 25.2 Å². The number of Topliss-reactive ketones (excluding diaryl/α,β-unsaturated/α-hetero) is 2. The summed E-state index contributed by atoms with van der Waals surface area (Å²) in [4.78, 5) is 36.3. The first-order valence-electron chi connectivity index (χ1n) is 11.4. The molecule has 0 amide bonds. The maximum Gasteiger partial charge on any atom is 0.303 e. The van der Waals surface area contributed by atoms with Gasteiger partial charge in [0.25, 0.3) is 0 Å². The molecule has 4 aliphatic rings. The van der Waals surface area contributed by atoms with Crippen LogP contribution in [0.1, 0.15) is 79.1 Å². The first-order chi connectivity index (χ1) is 13.5. The summed E-state index contributed by atoms with van der Waals surface area (Å²) in [6.07, 6.45) is 7.30. The maximum atomic E-state index is 13.1. The molecule has 5 nitrogen and oxygen atoms in total. The lowest BCUT2D eigenvalue weighted by atomic mass is 9.44. The fourth-order valence-corrected chi connectivity index (χ4v) is 8.26. The van der Waals surface area contributed by atoms with Crippen LogP contribution in [0.15, 0.2) is 0 Å². The molecule has 29 heavy (non-hydrogen) atoms. The van der Waals surface area contributed by atoms with E-state index in [2.05, 4.69) is 13.8 Å². The molecule has 8 atom stereocenters. The molecule has 0 aromatic heterocycles. The number of ether oxygens (including phenoxy) is 1. The molecule has 0 saturated heterocycles. The van der Waals surface area contributed by atoms with E-state index in [1.165, 1.54) is 6.92 Å². The Morgan fingerprint density at radius 3 is 2.55 bits per heavy atom. The number of hydrogen-bond acceptors (Lipinski definition) is 5. The number of carbonyl (C=O) groups excluding carboxylic acids is 3.